The van der Waals surface area contributed by atoms with Gasteiger partial charge in [-0.05, 0) is 48.5 Å². The molecule has 2 aromatic carbocycles. The van der Waals surface area contributed by atoms with Gasteiger partial charge in [-0.25, -0.2) is 17.1 Å². The molecule has 0 aliphatic rings. The van der Waals surface area contributed by atoms with E-state index in [-0.39, 0.29) is 22.4 Å². The quantitative estimate of drug-likeness (QED) is 0.717. The lowest BCUT2D eigenvalue weighted by Gasteiger charge is -2.11. The molecule has 1 heterocycles. The third kappa shape index (κ3) is 4.01. The molecular weight excluding hydrogens is 375 g/mol. The lowest BCUT2D eigenvalue weighted by Crippen LogP contribution is -2.22. The molecule has 3 rings (SSSR count). The molecular formula is C17H15FN4O4S. The van der Waals surface area contributed by atoms with Crippen LogP contribution in [0.5, 0.6) is 0 Å². The summed E-state index contributed by atoms with van der Waals surface area (Å²) >= 11 is 0. The Labute approximate surface area is 154 Å². The molecule has 0 radical (unpaired) electrons. The second-order valence-electron chi connectivity index (χ2n) is 5.69. The van der Waals surface area contributed by atoms with Crippen molar-refractivity contribution < 1.29 is 22.0 Å². The van der Waals surface area contributed by atoms with E-state index in [2.05, 4.69) is 15.5 Å². The third-order valence-electron chi connectivity index (χ3n) is 3.63. The van der Waals surface area contributed by atoms with E-state index >= 15 is 0 Å². The molecule has 0 saturated carbocycles. The fraction of sp³-hybridized carbons (Fsp3) is 0.118. The van der Waals surface area contributed by atoms with Crippen LogP contribution in [0.1, 0.15) is 10.4 Å². The molecule has 27 heavy (non-hydrogen) atoms. The average molecular weight is 390 g/mol. The highest BCUT2D eigenvalue weighted by Gasteiger charge is 2.18. The Morgan fingerprint density at radius 2 is 1.67 bits per heavy atom. The summed E-state index contributed by atoms with van der Waals surface area (Å²) in [5.74, 6) is -0.873. The number of halogens is 1. The summed E-state index contributed by atoms with van der Waals surface area (Å²) in [5.41, 5.74) is 0.719. The van der Waals surface area contributed by atoms with Crippen molar-refractivity contribution >= 4 is 21.9 Å². The van der Waals surface area contributed by atoms with Crippen LogP contribution in [0.4, 0.5) is 10.4 Å². The van der Waals surface area contributed by atoms with Crippen LogP contribution in [0.2, 0.25) is 0 Å². The van der Waals surface area contributed by atoms with Gasteiger partial charge in [-0.15, -0.1) is 5.10 Å². The smallest absolute Gasteiger partial charge is 0.322 e. The van der Waals surface area contributed by atoms with Gasteiger partial charge in [-0.2, -0.15) is 0 Å². The van der Waals surface area contributed by atoms with Gasteiger partial charge in [0.25, 0.3) is 5.91 Å². The topological polar surface area (TPSA) is 105 Å². The highest BCUT2D eigenvalue weighted by atomic mass is 32.2. The molecule has 0 aliphatic carbocycles. The Morgan fingerprint density at radius 3 is 2.26 bits per heavy atom. The molecule has 0 atom stereocenters. The Bertz CT molecular complexity index is 1060. The number of nitrogens with zero attached hydrogens (tertiary/aromatic N) is 3. The van der Waals surface area contributed by atoms with Crippen LogP contribution >= 0.6 is 0 Å². The summed E-state index contributed by atoms with van der Waals surface area (Å²) in [7, 11) is -0.654. The van der Waals surface area contributed by atoms with Crippen LogP contribution in [0.25, 0.3) is 11.5 Å². The van der Waals surface area contributed by atoms with Gasteiger partial charge in [0, 0.05) is 25.2 Å². The number of nitrogens with one attached hydrogen (secondary N) is 1. The van der Waals surface area contributed by atoms with Crippen molar-refractivity contribution in [1.82, 2.24) is 14.5 Å². The van der Waals surface area contributed by atoms with Gasteiger partial charge >= 0.3 is 6.01 Å². The first kappa shape index (κ1) is 18.7. The monoisotopic (exact) mass is 390 g/mol. The molecule has 0 saturated heterocycles. The van der Waals surface area contributed by atoms with Crippen molar-refractivity contribution in [3.8, 4) is 11.5 Å². The fourth-order valence-corrected chi connectivity index (χ4v) is 3.04. The zero-order valence-electron chi connectivity index (χ0n) is 14.4. The first-order chi connectivity index (χ1) is 12.8. The number of rotatable bonds is 5. The number of benzene rings is 2. The van der Waals surface area contributed by atoms with Crippen molar-refractivity contribution in [1.29, 1.82) is 0 Å². The Balaban J connectivity index is 1.76. The second kappa shape index (κ2) is 7.25. The third-order valence-corrected chi connectivity index (χ3v) is 5.46. The zero-order chi connectivity index (χ0) is 19.6. The van der Waals surface area contributed by atoms with E-state index in [1.165, 1.54) is 50.5 Å². The predicted molar refractivity (Wildman–Crippen MR) is 95.0 cm³/mol. The van der Waals surface area contributed by atoms with E-state index in [0.29, 0.717) is 5.56 Å². The van der Waals surface area contributed by atoms with Crippen LogP contribution in [0.3, 0.4) is 0 Å². The summed E-state index contributed by atoms with van der Waals surface area (Å²) in [6.07, 6.45) is 0. The number of carbonyl (C=O) groups excluding carboxylic acids is 1. The SMILES string of the molecule is CN(C)S(=O)(=O)c1ccc(-c2nnc(NC(=O)c3ccc(F)cc3)o2)cc1. The van der Waals surface area contributed by atoms with Crippen LogP contribution in [0.15, 0.2) is 57.8 Å². The van der Waals surface area contributed by atoms with Crippen molar-refractivity contribution in [2.75, 3.05) is 19.4 Å². The second-order valence-corrected chi connectivity index (χ2v) is 7.84. The van der Waals surface area contributed by atoms with Crippen molar-refractivity contribution in [2.24, 2.45) is 0 Å². The molecule has 0 bridgehead atoms. The first-order valence-corrected chi connectivity index (χ1v) is 9.15. The predicted octanol–water partition coefficient (Wildman–Crippen LogP) is 2.38. The van der Waals surface area contributed by atoms with E-state index < -0.39 is 21.7 Å². The molecule has 1 amide bonds. The summed E-state index contributed by atoms with van der Waals surface area (Å²) in [6, 6.07) is 10.7. The summed E-state index contributed by atoms with van der Waals surface area (Å²) < 4.78 is 43.5. The summed E-state index contributed by atoms with van der Waals surface area (Å²) in [4.78, 5) is 12.2. The van der Waals surface area contributed by atoms with Gasteiger partial charge in [-0.3, -0.25) is 10.1 Å². The van der Waals surface area contributed by atoms with Gasteiger partial charge in [0.15, 0.2) is 0 Å². The summed E-state index contributed by atoms with van der Waals surface area (Å²) in [5, 5.41) is 9.96. The Morgan fingerprint density at radius 1 is 1.04 bits per heavy atom. The molecule has 0 aliphatic heterocycles. The van der Waals surface area contributed by atoms with Gasteiger partial charge < -0.3 is 4.42 Å². The minimum Gasteiger partial charge on any atom is -0.403 e. The zero-order valence-corrected chi connectivity index (χ0v) is 15.2. The highest BCUT2D eigenvalue weighted by Crippen LogP contribution is 2.23. The van der Waals surface area contributed by atoms with E-state index in [1.54, 1.807) is 0 Å². The standard InChI is InChI=1S/C17H15FN4O4S/c1-22(2)27(24,25)14-9-5-12(6-10-14)16-20-21-17(26-16)19-15(23)11-3-7-13(18)8-4-11/h3-10H,1-2H3,(H,19,21,23). The van der Waals surface area contributed by atoms with E-state index in [0.717, 1.165) is 16.4 Å². The van der Waals surface area contributed by atoms with E-state index in [4.69, 9.17) is 4.42 Å². The van der Waals surface area contributed by atoms with Gasteiger partial charge in [-0.1, -0.05) is 5.10 Å². The largest absolute Gasteiger partial charge is 0.403 e. The van der Waals surface area contributed by atoms with E-state index in [9.17, 15) is 17.6 Å². The molecule has 140 valence electrons. The van der Waals surface area contributed by atoms with Crippen LogP contribution in [-0.4, -0.2) is 42.9 Å². The number of hydrogen-bond donors (Lipinski definition) is 1. The number of hydrogen-bond acceptors (Lipinski definition) is 6. The Hall–Kier alpha value is -3.11. The average Bonchev–Trinajstić information content (AvgIpc) is 3.10. The fourth-order valence-electron chi connectivity index (χ4n) is 2.14. The van der Waals surface area contributed by atoms with Crippen LogP contribution < -0.4 is 5.32 Å². The van der Waals surface area contributed by atoms with Crippen molar-refractivity contribution in [2.45, 2.75) is 4.90 Å². The van der Waals surface area contributed by atoms with E-state index in [1.807, 2.05) is 0 Å². The van der Waals surface area contributed by atoms with Gasteiger partial charge in [0.1, 0.15) is 5.82 Å². The first-order valence-electron chi connectivity index (χ1n) is 7.71. The number of aromatic nitrogens is 2. The number of sulfonamides is 1. The number of amides is 1. The van der Waals surface area contributed by atoms with Gasteiger partial charge in [0.05, 0.1) is 4.90 Å². The molecule has 0 unspecified atom stereocenters. The Kier molecular flexibility index (Phi) is 5.02. The molecule has 0 fully saturated rings. The molecule has 8 nitrogen and oxygen atoms in total. The minimum absolute atomic E-state index is 0.109. The van der Waals surface area contributed by atoms with Crippen molar-refractivity contribution in [3.63, 3.8) is 0 Å². The lowest BCUT2D eigenvalue weighted by atomic mass is 10.2. The number of anilines is 1. The maximum atomic E-state index is 12.9. The molecule has 10 heteroatoms. The normalized spacial score (nSPS) is 11.6. The summed E-state index contributed by atoms with van der Waals surface area (Å²) in [6.45, 7) is 0. The maximum Gasteiger partial charge on any atom is 0.322 e. The molecule has 0 spiro atoms. The number of carbonyl (C=O) groups is 1. The van der Waals surface area contributed by atoms with Crippen molar-refractivity contribution in [3.05, 3.63) is 59.9 Å². The maximum absolute atomic E-state index is 12.9. The van der Waals surface area contributed by atoms with Gasteiger partial charge in [0.2, 0.25) is 15.9 Å². The molecule has 1 aromatic heterocycles. The molecule has 3 aromatic rings. The molecule has 1 N–H and O–H groups in total. The lowest BCUT2D eigenvalue weighted by molar-refractivity contribution is 0.102. The van der Waals surface area contributed by atoms with Crippen LogP contribution in [0, 0.1) is 5.82 Å². The minimum atomic E-state index is -3.54. The highest BCUT2D eigenvalue weighted by molar-refractivity contribution is 7.89. The van der Waals surface area contributed by atoms with Crippen LogP contribution in [-0.2, 0) is 10.0 Å².